The van der Waals surface area contributed by atoms with Crippen LogP contribution in [0.25, 0.3) is 0 Å². The normalized spacial score (nSPS) is 11.8. The number of aromatic nitrogens is 2. The Kier molecular flexibility index (Phi) is 2.51. The first kappa shape index (κ1) is 9.08. The molecule has 1 N–H and O–H groups in total. The first-order valence-corrected chi connectivity index (χ1v) is 3.41. The summed E-state index contributed by atoms with van der Waals surface area (Å²) in [5.74, 6) is 0. The van der Waals surface area contributed by atoms with Crippen molar-refractivity contribution in [1.29, 1.82) is 0 Å². The fraction of sp³-hybridized carbons (Fsp3) is 0.333. The number of aromatic amines is 1. The second-order valence-electron chi connectivity index (χ2n) is 2.32. The van der Waals surface area contributed by atoms with Gasteiger partial charge in [-0.2, -0.15) is 10.1 Å². The minimum absolute atomic E-state index is 0.175. The van der Waals surface area contributed by atoms with Crippen molar-refractivity contribution in [3.63, 3.8) is 0 Å². The molecule has 1 atom stereocenters. The highest BCUT2D eigenvalue weighted by molar-refractivity contribution is 5.39. The zero-order valence-electron chi connectivity index (χ0n) is 6.72. The van der Waals surface area contributed by atoms with Crippen molar-refractivity contribution in [2.45, 2.75) is 13.0 Å². The number of isocyanates is 1. The Morgan fingerprint density at radius 3 is 3.08 bits per heavy atom. The van der Waals surface area contributed by atoms with E-state index >= 15 is 0 Å². The fourth-order valence-corrected chi connectivity index (χ4v) is 0.886. The highest BCUT2D eigenvalue weighted by atomic mass is 16.6. The Bertz CT molecular complexity index is 366. The molecule has 0 aromatic carbocycles. The second-order valence-corrected chi connectivity index (χ2v) is 2.32. The Balaban J connectivity index is 3.06. The molecule has 7 heteroatoms. The molecule has 0 saturated heterocycles. The van der Waals surface area contributed by atoms with Crippen molar-refractivity contribution < 1.29 is 9.72 Å². The average Bonchev–Trinajstić information content (AvgIpc) is 2.52. The van der Waals surface area contributed by atoms with E-state index in [1.54, 1.807) is 0 Å². The first-order chi connectivity index (χ1) is 6.16. The van der Waals surface area contributed by atoms with Crippen LogP contribution >= 0.6 is 0 Å². The lowest BCUT2D eigenvalue weighted by molar-refractivity contribution is -0.385. The lowest BCUT2D eigenvalue weighted by Gasteiger charge is -1.97. The van der Waals surface area contributed by atoms with Gasteiger partial charge in [0.25, 0.3) is 0 Å². The summed E-state index contributed by atoms with van der Waals surface area (Å²) in [6, 6.07) is -0.625. The van der Waals surface area contributed by atoms with Gasteiger partial charge in [-0.1, -0.05) is 0 Å². The van der Waals surface area contributed by atoms with E-state index in [9.17, 15) is 14.9 Å². The van der Waals surface area contributed by atoms with Crippen LogP contribution in [0, 0.1) is 10.1 Å². The van der Waals surface area contributed by atoms with Gasteiger partial charge >= 0.3 is 5.69 Å². The summed E-state index contributed by atoms with van der Waals surface area (Å²) >= 11 is 0. The maximum Gasteiger partial charge on any atom is 0.312 e. The Morgan fingerprint density at radius 2 is 2.54 bits per heavy atom. The number of nitrogens with zero attached hydrogens (tertiary/aromatic N) is 3. The molecule has 0 spiro atoms. The van der Waals surface area contributed by atoms with E-state index in [1.807, 2.05) is 0 Å². The summed E-state index contributed by atoms with van der Waals surface area (Å²) in [6.07, 6.45) is 2.40. The van der Waals surface area contributed by atoms with Gasteiger partial charge in [0.15, 0.2) is 0 Å². The van der Waals surface area contributed by atoms with E-state index in [2.05, 4.69) is 15.2 Å². The van der Waals surface area contributed by atoms with Gasteiger partial charge in [0.1, 0.15) is 17.9 Å². The molecule has 1 heterocycles. The van der Waals surface area contributed by atoms with Gasteiger partial charge in [-0.15, -0.1) is 0 Å². The summed E-state index contributed by atoms with van der Waals surface area (Å²) < 4.78 is 0. The van der Waals surface area contributed by atoms with E-state index in [0.29, 0.717) is 0 Å². The number of hydrogen-bond donors (Lipinski definition) is 1. The van der Waals surface area contributed by atoms with Crippen LogP contribution in [-0.4, -0.2) is 21.2 Å². The second kappa shape index (κ2) is 3.59. The molecular formula is C6H6N4O3. The zero-order valence-corrected chi connectivity index (χ0v) is 6.72. The van der Waals surface area contributed by atoms with Gasteiger partial charge in [-0.3, -0.25) is 15.2 Å². The van der Waals surface area contributed by atoms with Crippen molar-refractivity contribution >= 4 is 11.8 Å². The molecule has 0 fully saturated rings. The monoisotopic (exact) mass is 182 g/mol. The van der Waals surface area contributed by atoms with Crippen LogP contribution in [0.15, 0.2) is 11.2 Å². The predicted octanol–water partition coefficient (Wildman–Crippen LogP) is 0.715. The third-order valence-electron chi connectivity index (χ3n) is 1.51. The molecule has 0 amide bonds. The molecule has 68 valence electrons. The number of carbonyl (C=O) groups excluding carboxylic acids is 1. The minimum atomic E-state index is -0.625. The van der Waals surface area contributed by atoms with E-state index in [0.717, 1.165) is 6.20 Å². The van der Waals surface area contributed by atoms with Gasteiger partial charge in [0.2, 0.25) is 6.08 Å². The molecule has 13 heavy (non-hydrogen) atoms. The number of nitro groups is 1. The Hall–Kier alpha value is -2.01. The van der Waals surface area contributed by atoms with Crippen LogP contribution in [0.1, 0.15) is 18.7 Å². The topological polar surface area (TPSA) is 101 Å². The summed E-state index contributed by atoms with van der Waals surface area (Å²) in [5, 5.41) is 16.3. The van der Waals surface area contributed by atoms with Crippen LogP contribution in [0.2, 0.25) is 0 Å². The number of rotatable bonds is 3. The van der Waals surface area contributed by atoms with E-state index in [4.69, 9.17) is 0 Å². The highest BCUT2D eigenvalue weighted by Crippen LogP contribution is 2.23. The number of hydrogen-bond acceptors (Lipinski definition) is 5. The van der Waals surface area contributed by atoms with Crippen molar-refractivity contribution in [3.8, 4) is 0 Å². The van der Waals surface area contributed by atoms with Gasteiger partial charge in [0, 0.05) is 0 Å². The number of H-pyrrole nitrogens is 1. The largest absolute Gasteiger partial charge is 0.312 e. The number of aliphatic imine (C=N–C) groups is 1. The molecule has 1 aromatic heterocycles. The summed E-state index contributed by atoms with van der Waals surface area (Å²) in [7, 11) is 0. The van der Waals surface area contributed by atoms with Gasteiger partial charge in [-0.05, 0) is 6.92 Å². The highest BCUT2D eigenvalue weighted by Gasteiger charge is 2.20. The van der Waals surface area contributed by atoms with E-state index in [-0.39, 0.29) is 11.4 Å². The Labute approximate surface area is 72.6 Å². The van der Waals surface area contributed by atoms with Crippen molar-refractivity contribution in [2.75, 3.05) is 0 Å². The zero-order chi connectivity index (χ0) is 9.84. The lowest BCUT2D eigenvalue weighted by Crippen LogP contribution is -1.96. The molecule has 0 saturated carbocycles. The molecule has 1 unspecified atom stereocenters. The standard InChI is InChI=1S/C6H6N4O3/c1-4(7-3-11)6-5(10(12)13)2-8-9-6/h2,4H,1H3,(H,8,9). The Morgan fingerprint density at radius 1 is 1.85 bits per heavy atom. The molecule has 0 radical (unpaired) electrons. The molecule has 7 nitrogen and oxygen atoms in total. The van der Waals surface area contributed by atoms with E-state index < -0.39 is 11.0 Å². The molecule has 0 aliphatic rings. The molecule has 1 aromatic rings. The molecule has 0 bridgehead atoms. The maximum atomic E-state index is 10.4. The number of nitrogens with one attached hydrogen (secondary N) is 1. The molecular weight excluding hydrogens is 176 g/mol. The van der Waals surface area contributed by atoms with Crippen LogP contribution < -0.4 is 0 Å². The SMILES string of the molecule is CC(N=C=O)c1[nH]ncc1[N+](=O)[O-]. The average molecular weight is 182 g/mol. The van der Waals surface area contributed by atoms with Crippen LogP contribution in [0.5, 0.6) is 0 Å². The molecule has 0 aliphatic carbocycles. The quantitative estimate of drug-likeness (QED) is 0.322. The smallest absolute Gasteiger partial charge is 0.273 e. The summed E-state index contributed by atoms with van der Waals surface area (Å²) in [6.45, 7) is 1.53. The third kappa shape index (κ3) is 1.77. The van der Waals surface area contributed by atoms with Crippen LogP contribution in [0.4, 0.5) is 5.69 Å². The predicted molar refractivity (Wildman–Crippen MR) is 41.8 cm³/mol. The van der Waals surface area contributed by atoms with Gasteiger partial charge < -0.3 is 0 Å². The maximum absolute atomic E-state index is 10.4. The lowest BCUT2D eigenvalue weighted by atomic mass is 10.2. The van der Waals surface area contributed by atoms with Gasteiger partial charge in [-0.25, -0.2) is 4.79 Å². The van der Waals surface area contributed by atoms with E-state index in [1.165, 1.54) is 13.0 Å². The summed E-state index contributed by atoms with van der Waals surface area (Å²) in [5.41, 5.74) is 0.0276. The first-order valence-electron chi connectivity index (χ1n) is 3.41. The minimum Gasteiger partial charge on any atom is -0.273 e. The van der Waals surface area contributed by atoms with Crippen molar-refractivity contribution in [3.05, 3.63) is 22.0 Å². The summed E-state index contributed by atoms with van der Waals surface area (Å²) in [4.78, 5) is 23.0. The molecule has 1 rings (SSSR count). The third-order valence-corrected chi connectivity index (χ3v) is 1.51. The van der Waals surface area contributed by atoms with Crippen LogP contribution in [0.3, 0.4) is 0 Å². The van der Waals surface area contributed by atoms with Crippen molar-refractivity contribution in [2.24, 2.45) is 4.99 Å². The fourth-order valence-electron chi connectivity index (χ4n) is 0.886. The van der Waals surface area contributed by atoms with Crippen molar-refractivity contribution in [1.82, 2.24) is 10.2 Å². The van der Waals surface area contributed by atoms with Gasteiger partial charge in [0.05, 0.1) is 4.92 Å². The van der Waals surface area contributed by atoms with Crippen LogP contribution in [-0.2, 0) is 4.79 Å². The molecule has 0 aliphatic heterocycles.